The van der Waals surface area contributed by atoms with Gasteiger partial charge in [-0.2, -0.15) is 0 Å². The van der Waals surface area contributed by atoms with E-state index in [0.29, 0.717) is 6.42 Å². The van der Waals surface area contributed by atoms with Crippen LogP contribution in [0, 0.1) is 12.7 Å². The van der Waals surface area contributed by atoms with Crippen LogP contribution in [-0.4, -0.2) is 44.8 Å². The third kappa shape index (κ3) is 6.47. The molecule has 0 saturated carbocycles. The molecule has 0 unspecified atom stereocenters. The van der Waals surface area contributed by atoms with Gasteiger partial charge < -0.3 is 10.2 Å². The number of aryl methyl sites for hydroxylation is 1. The maximum Gasteiger partial charge on any atom is 0.264 e. The summed E-state index contributed by atoms with van der Waals surface area (Å²) in [7, 11) is -2.77. The van der Waals surface area contributed by atoms with Gasteiger partial charge >= 0.3 is 0 Å². The molecule has 3 rings (SSSR count). The van der Waals surface area contributed by atoms with Gasteiger partial charge in [-0.1, -0.05) is 61.0 Å². The number of rotatable bonds is 10. The fraction of sp³-hybridized carbons (Fsp3) is 0.259. The maximum atomic E-state index is 13.9. The molecule has 10 heteroatoms. The molecule has 0 spiro atoms. The highest BCUT2D eigenvalue weighted by Crippen LogP contribution is 2.28. The molecule has 196 valence electrons. The molecule has 0 radical (unpaired) electrons. The first-order chi connectivity index (χ1) is 17.6. The number of carbonyl (C=O) groups excluding carboxylic acids is 2. The summed E-state index contributed by atoms with van der Waals surface area (Å²) in [4.78, 5) is 27.9. The van der Waals surface area contributed by atoms with Crippen molar-refractivity contribution in [3.8, 4) is 0 Å². The molecule has 7 nitrogen and oxygen atoms in total. The van der Waals surface area contributed by atoms with E-state index in [1.54, 1.807) is 25.1 Å². The number of halogens is 2. The molecule has 2 amide bonds. The Bertz CT molecular complexity index is 1370. The second-order valence-electron chi connectivity index (χ2n) is 8.41. The molecule has 1 atom stereocenters. The smallest absolute Gasteiger partial charge is 0.264 e. The third-order valence-electron chi connectivity index (χ3n) is 6.04. The van der Waals surface area contributed by atoms with Crippen molar-refractivity contribution in [3.05, 3.63) is 94.8 Å². The molecular formula is C27H29ClFN3O4S. The van der Waals surface area contributed by atoms with E-state index in [0.717, 1.165) is 27.6 Å². The minimum Gasteiger partial charge on any atom is -0.357 e. The minimum absolute atomic E-state index is 0.0208. The number of hydrogen-bond acceptors (Lipinski definition) is 4. The van der Waals surface area contributed by atoms with Crippen molar-refractivity contribution in [2.75, 3.05) is 17.9 Å². The van der Waals surface area contributed by atoms with Crippen molar-refractivity contribution in [2.45, 2.75) is 37.8 Å². The van der Waals surface area contributed by atoms with E-state index < -0.39 is 34.3 Å². The van der Waals surface area contributed by atoms with Crippen molar-refractivity contribution in [1.82, 2.24) is 10.2 Å². The lowest BCUT2D eigenvalue weighted by Gasteiger charge is -2.33. The van der Waals surface area contributed by atoms with E-state index in [4.69, 9.17) is 11.6 Å². The number of amides is 2. The minimum atomic E-state index is -4.25. The molecule has 0 aromatic heterocycles. The predicted octanol–water partition coefficient (Wildman–Crippen LogP) is 4.54. The highest BCUT2D eigenvalue weighted by Gasteiger charge is 2.33. The lowest BCUT2D eigenvalue weighted by atomic mass is 10.1. The predicted molar refractivity (Wildman–Crippen MR) is 142 cm³/mol. The summed E-state index contributed by atoms with van der Waals surface area (Å²) in [5.74, 6) is -1.69. The Kier molecular flexibility index (Phi) is 9.29. The van der Waals surface area contributed by atoms with E-state index in [2.05, 4.69) is 5.32 Å². The van der Waals surface area contributed by atoms with Crippen LogP contribution < -0.4 is 9.62 Å². The SMILES string of the molecule is CC[C@@H](C(=O)NC)N(Cc1ccccc1C)C(=O)CN(c1ccc(F)c(Cl)c1)S(=O)(=O)c1ccccc1. The molecular weight excluding hydrogens is 517 g/mol. The maximum absolute atomic E-state index is 13.9. The van der Waals surface area contributed by atoms with Crippen LogP contribution >= 0.6 is 11.6 Å². The molecule has 0 bridgehead atoms. The Balaban J connectivity index is 2.09. The molecule has 0 aliphatic heterocycles. The number of nitrogens with zero attached hydrogens (tertiary/aromatic N) is 2. The average molecular weight is 546 g/mol. The van der Waals surface area contributed by atoms with Crippen LogP contribution in [0.3, 0.4) is 0 Å². The standard InChI is InChI=1S/C27H29ClFN3O4S/c1-4-25(27(34)30-3)31(17-20-11-9-8-10-19(20)2)26(33)18-32(21-14-15-24(29)23(28)16-21)37(35,36)22-12-6-5-7-13-22/h5-16,25H,4,17-18H2,1-3H3,(H,30,34)/t25-/m0/s1. The average Bonchev–Trinajstić information content (AvgIpc) is 2.90. The highest BCUT2D eigenvalue weighted by molar-refractivity contribution is 7.92. The third-order valence-corrected chi connectivity index (χ3v) is 8.11. The zero-order valence-corrected chi connectivity index (χ0v) is 22.4. The van der Waals surface area contributed by atoms with Gasteiger partial charge in [0.25, 0.3) is 10.0 Å². The Morgan fingerprint density at radius 3 is 2.27 bits per heavy atom. The molecule has 37 heavy (non-hydrogen) atoms. The van der Waals surface area contributed by atoms with Gasteiger partial charge in [0.15, 0.2) is 0 Å². The summed E-state index contributed by atoms with van der Waals surface area (Å²) in [5.41, 5.74) is 1.76. The molecule has 1 N–H and O–H groups in total. The molecule has 3 aromatic rings. The van der Waals surface area contributed by atoms with Gasteiger partial charge in [0.2, 0.25) is 11.8 Å². The van der Waals surface area contributed by atoms with Crippen molar-refractivity contribution in [1.29, 1.82) is 0 Å². The molecule has 0 fully saturated rings. The number of nitrogens with one attached hydrogen (secondary N) is 1. The molecule has 0 aliphatic rings. The van der Waals surface area contributed by atoms with E-state index in [-0.39, 0.29) is 28.1 Å². The second-order valence-corrected chi connectivity index (χ2v) is 10.7. The topological polar surface area (TPSA) is 86.8 Å². The second kappa shape index (κ2) is 12.2. The zero-order valence-electron chi connectivity index (χ0n) is 20.8. The van der Waals surface area contributed by atoms with Crippen LogP contribution in [0.5, 0.6) is 0 Å². The fourth-order valence-electron chi connectivity index (χ4n) is 3.95. The van der Waals surface area contributed by atoms with Crippen molar-refractivity contribution < 1.29 is 22.4 Å². The van der Waals surface area contributed by atoms with E-state index >= 15 is 0 Å². The fourth-order valence-corrected chi connectivity index (χ4v) is 5.55. The van der Waals surface area contributed by atoms with Gasteiger partial charge in [-0.15, -0.1) is 0 Å². The van der Waals surface area contributed by atoms with Crippen LogP contribution in [0.4, 0.5) is 10.1 Å². The monoisotopic (exact) mass is 545 g/mol. The van der Waals surface area contributed by atoms with E-state index in [1.165, 1.54) is 30.1 Å². The van der Waals surface area contributed by atoms with Gasteiger partial charge in [-0.25, -0.2) is 12.8 Å². The Labute approximate surface area is 221 Å². The van der Waals surface area contributed by atoms with Crippen molar-refractivity contribution >= 4 is 39.1 Å². The normalized spacial score (nSPS) is 12.0. The lowest BCUT2D eigenvalue weighted by Crippen LogP contribution is -2.51. The number of hydrogen-bond donors (Lipinski definition) is 1. The molecule has 0 saturated heterocycles. The van der Waals surface area contributed by atoms with E-state index in [1.807, 2.05) is 31.2 Å². The molecule has 0 aliphatic carbocycles. The number of sulfonamides is 1. The summed E-state index contributed by atoms with van der Waals surface area (Å²) in [6.45, 7) is 3.14. The number of benzene rings is 3. The number of likely N-dealkylation sites (N-methyl/N-ethyl adjacent to an activating group) is 1. The summed E-state index contributed by atoms with van der Waals surface area (Å²) in [6.07, 6.45) is 0.311. The van der Waals surface area contributed by atoms with Gasteiger partial charge in [-0.3, -0.25) is 13.9 Å². The molecule has 3 aromatic carbocycles. The molecule has 0 heterocycles. The van der Waals surface area contributed by atoms with Gasteiger partial charge in [0.1, 0.15) is 18.4 Å². The summed E-state index contributed by atoms with van der Waals surface area (Å²) in [6, 6.07) is 17.7. The lowest BCUT2D eigenvalue weighted by molar-refractivity contribution is -0.140. The Morgan fingerprint density at radius 2 is 1.68 bits per heavy atom. The van der Waals surface area contributed by atoms with Crippen LogP contribution in [0.25, 0.3) is 0 Å². The van der Waals surface area contributed by atoms with Gasteiger partial charge in [0, 0.05) is 13.6 Å². The van der Waals surface area contributed by atoms with Crippen LogP contribution in [-0.2, 0) is 26.2 Å². The van der Waals surface area contributed by atoms with Crippen molar-refractivity contribution in [2.24, 2.45) is 0 Å². The summed E-state index contributed by atoms with van der Waals surface area (Å²) >= 11 is 5.97. The van der Waals surface area contributed by atoms with E-state index in [9.17, 15) is 22.4 Å². The Hall–Kier alpha value is -3.43. The van der Waals surface area contributed by atoms with Crippen LogP contribution in [0.15, 0.2) is 77.7 Å². The first kappa shape index (κ1) is 28.1. The first-order valence-corrected chi connectivity index (χ1v) is 13.5. The first-order valence-electron chi connectivity index (χ1n) is 11.7. The highest BCUT2D eigenvalue weighted by atomic mass is 35.5. The summed E-state index contributed by atoms with van der Waals surface area (Å²) in [5, 5.41) is 2.30. The van der Waals surface area contributed by atoms with Gasteiger partial charge in [0.05, 0.1) is 15.6 Å². The quantitative estimate of drug-likeness (QED) is 0.405. The van der Waals surface area contributed by atoms with Crippen LogP contribution in [0.1, 0.15) is 24.5 Å². The zero-order chi connectivity index (χ0) is 27.2. The largest absolute Gasteiger partial charge is 0.357 e. The van der Waals surface area contributed by atoms with Crippen LogP contribution in [0.2, 0.25) is 5.02 Å². The number of anilines is 1. The van der Waals surface area contributed by atoms with Gasteiger partial charge in [-0.05, 0) is 54.8 Å². The van der Waals surface area contributed by atoms with Crippen molar-refractivity contribution in [3.63, 3.8) is 0 Å². The number of carbonyl (C=O) groups is 2. The summed E-state index contributed by atoms with van der Waals surface area (Å²) < 4.78 is 42.1. The Morgan fingerprint density at radius 1 is 1.03 bits per heavy atom.